The third kappa shape index (κ3) is 8.62. The van der Waals surface area contributed by atoms with E-state index in [9.17, 15) is 0 Å². The van der Waals surface area contributed by atoms with Gasteiger partial charge in [-0.2, -0.15) is 0 Å². The van der Waals surface area contributed by atoms with Gasteiger partial charge in [0.25, 0.3) is 0 Å². The Morgan fingerprint density at radius 2 is 1.64 bits per heavy atom. The van der Waals surface area contributed by atoms with Gasteiger partial charge in [0, 0.05) is 0 Å². The first-order valence-corrected chi connectivity index (χ1v) is 3.17. The minimum absolute atomic E-state index is 0.475. The summed E-state index contributed by atoms with van der Waals surface area (Å²) in [5, 5.41) is 0. The van der Waals surface area contributed by atoms with E-state index in [0.29, 0.717) is 13.2 Å². The Morgan fingerprint density at radius 1 is 0.909 bits per heavy atom. The van der Waals surface area contributed by atoms with Crippen molar-refractivity contribution in [3.05, 3.63) is 38.2 Å². The van der Waals surface area contributed by atoms with Gasteiger partial charge >= 0.3 is 0 Å². The third-order valence-electron chi connectivity index (χ3n) is 0.763. The lowest BCUT2D eigenvalue weighted by molar-refractivity contribution is 0.146. The van der Waals surface area contributed by atoms with Crippen LogP contribution in [0.4, 0.5) is 0 Å². The molecule has 0 unspecified atom stereocenters. The lowest BCUT2D eigenvalue weighted by atomic mass is 10.8. The van der Waals surface area contributed by atoms with E-state index in [1.54, 1.807) is 0 Å². The fourth-order valence-electron chi connectivity index (χ4n) is 0.375. The van der Waals surface area contributed by atoms with Crippen LogP contribution in [-0.4, -0.2) is 13.2 Å². The predicted molar refractivity (Wildman–Crippen MR) is 42.5 cm³/mol. The zero-order valence-corrected chi connectivity index (χ0v) is 6.36. The van der Waals surface area contributed by atoms with Gasteiger partial charge < -0.3 is 14.2 Å². The molecule has 0 saturated carbocycles. The largest absolute Gasteiger partial charge is 0.498 e. The standard InChI is InChI=1S/C8H12O3/c1-3-9-5-7-11-8-6-10-4-2/h3-5,7H,1-2,6,8H2. The highest BCUT2D eigenvalue weighted by Gasteiger charge is 1.79. The SMILES string of the molecule is C=COC=COCCOC=C. The maximum atomic E-state index is 4.91. The van der Waals surface area contributed by atoms with Crippen LogP contribution in [0.3, 0.4) is 0 Å². The van der Waals surface area contributed by atoms with Crippen molar-refractivity contribution < 1.29 is 14.2 Å². The summed E-state index contributed by atoms with van der Waals surface area (Å²) < 4.78 is 14.3. The lowest BCUT2D eigenvalue weighted by Crippen LogP contribution is -1.95. The molecule has 0 aliphatic heterocycles. The average Bonchev–Trinajstić information content (AvgIpc) is 2.03. The molecule has 0 aliphatic rings. The second kappa shape index (κ2) is 8.62. The summed E-state index contributed by atoms with van der Waals surface area (Å²) in [7, 11) is 0. The molecule has 3 nitrogen and oxygen atoms in total. The molecule has 0 fully saturated rings. The summed E-state index contributed by atoms with van der Waals surface area (Å²) in [5.74, 6) is 0. The maximum Gasteiger partial charge on any atom is 0.125 e. The van der Waals surface area contributed by atoms with Crippen LogP contribution in [0.25, 0.3) is 0 Å². The van der Waals surface area contributed by atoms with Gasteiger partial charge in [0.1, 0.15) is 25.7 Å². The molecule has 0 aromatic rings. The van der Waals surface area contributed by atoms with Crippen molar-refractivity contribution in [3.8, 4) is 0 Å². The Kier molecular flexibility index (Phi) is 7.54. The minimum Gasteiger partial charge on any atom is -0.498 e. The van der Waals surface area contributed by atoms with Crippen LogP contribution in [0.5, 0.6) is 0 Å². The first kappa shape index (κ1) is 9.62. The summed E-state index contributed by atoms with van der Waals surface area (Å²) in [6.45, 7) is 7.68. The fraction of sp³-hybridized carbons (Fsp3) is 0.250. The van der Waals surface area contributed by atoms with Crippen LogP contribution in [-0.2, 0) is 14.2 Å². The van der Waals surface area contributed by atoms with Crippen LogP contribution in [0.1, 0.15) is 0 Å². The van der Waals surface area contributed by atoms with E-state index in [-0.39, 0.29) is 0 Å². The van der Waals surface area contributed by atoms with Crippen LogP contribution >= 0.6 is 0 Å². The number of rotatable bonds is 7. The third-order valence-corrected chi connectivity index (χ3v) is 0.763. The topological polar surface area (TPSA) is 27.7 Å². The van der Waals surface area contributed by atoms with Gasteiger partial charge in [0.05, 0.1) is 12.5 Å². The first-order chi connectivity index (χ1) is 5.41. The summed E-state index contributed by atoms with van der Waals surface area (Å²) in [6.07, 6.45) is 5.49. The normalized spacial score (nSPS) is 9.09. The van der Waals surface area contributed by atoms with E-state index >= 15 is 0 Å². The smallest absolute Gasteiger partial charge is 0.125 e. The van der Waals surface area contributed by atoms with Crippen molar-refractivity contribution in [1.29, 1.82) is 0 Å². The van der Waals surface area contributed by atoms with E-state index < -0.39 is 0 Å². The quantitative estimate of drug-likeness (QED) is 0.415. The van der Waals surface area contributed by atoms with Crippen LogP contribution in [0, 0.1) is 0 Å². The number of hydrogen-bond acceptors (Lipinski definition) is 3. The second-order valence-corrected chi connectivity index (χ2v) is 1.48. The molecule has 0 rings (SSSR count). The molecule has 0 heterocycles. The van der Waals surface area contributed by atoms with Crippen molar-refractivity contribution >= 4 is 0 Å². The summed E-state index contributed by atoms with van der Waals surface area (Å²) in [5.41, 5.74) is 0. The van der Waals surface area contributed by atoms with Crippen LogP contribution < -0.4 is 0 Å². The first-order valence-electron chi connectivity index (χ1n) is 3.17. The summed E-state index contributed by atoms with van der Waals surface area (Å²) in [6, 6.07) is 0. The molecule has 62 valence electrons. The molecule has 0 saturated heterocycles. The second-order valence-electron chi connectivity index (χ2n) is 1.48. The van der Waals surface area contributed by atoms with E-state index in [0.717, 1.165) is 0 Å². The molecule has 0 aromatic carbocycles. The molecular weight excluding hydrogens is 144 g/mol. The minimum atomic E-state index is 0.475. The average molecular weight is 156 g/mol. The van der Waals surface area contributed by atoms with Gasteiger partial charge in [0.2, 0.25) is 0 Å². The Bertz CT molecular complexity index is 129. The van der Waals surface area contributed by atoms with Gasteiger partial charge in [-0.1, -0.05) is 13.2 Å². The molecule has 0 N–H and O–H groups in total. The fourth-order valence-corrected chi connectivity index (χ4v) is 0.375. The lowest BCUT2D eigenvalue weighted by Gasteiger charge is -1.98. The molecule has 0 aromatic heterocycles. The van der Waals surface area contributed by atoms with Crippen molar-refractivity contribution in [1.82, 2.24) is 0 Å². The Morgan fingerprint density at radius 3 is 2.27 bits per heavy atom. The zero-order chi connectivity index (χ0) is 8.36. The Balaban J connectivity index is 3.00. The van der Waals surface area contributed by atoms with Crippen molar-refractivity contribution in [2.45, 2.75) is 0 Å². The molecular formula is C8H12O3. The molecule has 0 bridgehead atoms. The van der Waals surface area contributed by atoms with Gasteiger partial charge in [0.15, 0.2) is 0 Å². The molecule has 0 radical (unpaired) electrons. The van der Waals surface area contributed by atoms with Gasteiger partial charge in [-0.25, -0.2) is 0 Å². The molecule has 3 heteroatoms. The molecule has 11 heavy (non-hydrogen) atoms. The van der Waals surface area contributed by atoms with Gasteiger partial charge in [-0.3, -0.25) is 0 Å². The molecule has 0 aliphatic carbocycles. The highest BCUT2D eigenvalue weighted by atomic mass is 16.5. The summed E-state index contributed by atoms with van der Waals surface area (Å²) in [4.78, 5) is 0. The monoisotopic (exact) mass is 156 g/mol. The Hall–Kier alpha value is -1.38. The zero-order valence-electron chi connectivity index (χ0n) is 6.36. The van der Waals surface area contributed by atoms with Crippen molar-refractivity contribution in [2.24, 2.45) is 0 Å². The predicted octanol–water partition coefficient (Wildman–Crippen LogP) is 1.79. The number of hydrogen-bond donors (Lipinski definition) is 0. The maximum absolute atomic E-state index is 4.91. The molecule has 0 spiro atoms. The van der Waals surface area contributed by atoms with E-state index in [4.69, 9.17) is 9.47 Å². The highest BCUT2D eigenvalue weighted by Crippen LogP contribution is 1.82. The molecule has 0 atom stereocenters. The van der Waals surface area contributed by atoms with Crippen LogP contribution in [0.15, 0.2) is 38.2 Å². The van der Waals surface area contributed by atoms with Crippen LogP contribution in [0.2, 0.25) is 0 Å². The van der Waals surface area contributed by atoms with E-state index in [1.165, 1.54) is 25.0 Å². The number of ether oxygens (including phenoxy) is 3. The van der Waals surface area contributed by atoms with E-state index in [2.05, 4.69) is 17.9 Å². The van der Waals surface area contributed by atoms with Gasteiger partial charge in [-0.05, 0) is 0 Å². The highest BCUT2D eigenvalue weighted by molar-refractivity contribution is 4.65. The van der Waals surface area contributed by atoms with Crippen molar-refractivity contribution in [2.75, 3.05) is 13.2 Å². The Labute approximate surface area is 66.6 Å². The molecule has 0 amide bonds. The summed E-state index contributed by atoms with van der Waals surface area (Å²) >= 11 is 0. The van der Waals surface area contributed by atoms with E-state index in [1.807, 2.05) is 0 Å². The van der Waals surface area contributed by atoms with Crippen molar-refractivity contribution in [3.63, 3.8) is 0 Å². The van der Waals surface area contributed by atoms with Gasteiger partial charge in [-0.15, -0.1) is 0 Å².